The Balaban J connectivity index is 2.75. The topological polar surface area (TPSA) is 92.0 Å². The summed E-state index contributed by atoms with van der Waals surface area (Å²) in [6.07, 6.45) is 0. The van der Waals surface area contributed by atoms with Crippen LogP contribution < -0.4 is 25.3 Å². The molecule has 0 saturated carbocycles. The summed E-state index contributed by atoms with van der Waals surface area (Å²) in [4.78, 5) is 12.1. The number of methoxy groups -OCH3 is 3. The Morgan fingerprint density at radius 1 is 1.10 bits per heavy atom. The van der Waals surface area contributed by atoms with Gasteiger partial charge in [-0.05, 0) is 12.1 Å². The van der Waals surface area contributed by atoms with Crippen LogP contribution in [-0.4, -0.2) is 53.5 Å². The summed E-state index contributed by atoms with van der Waals surface area (Å²) in [7, 11) is 4.51. The van der Waals surface area contributed by atoms with Crippen molar-refractivity contribution in [3.63, 3.8) is 0 Å². The number of hydrogen-bond acceptors (Lipinski definition) is 6. The van der Waals surface area contributed by atoms with Crippen LogP contribution in [-0.2, 0) is 4.74 Å². The monoisotopic (exact) mass is 298 g/mol. The quantitative estimate of drug-likeness (QED) is 0.642. The zero-order valence-corrected chi connectivity index (χ0v) is 12.6. The van der Waals surface area contributed by atoms with Gasteiger partial charge in [-0.2, -0.15) is 0 Å². The molecular formula is C14H22N2O5. The number of nitrogens with one attached hydrogen (secondary N) is 1. The van der Waals surface area contributed by atoms with Crippen molar-refractivity contribution in [2.24, 2.45) is 5.73 Å². The molecule has 0 aliphatic carbocycles. The van der Waals surface area contributed by atoms with Crippen molar-refractivity contribution in [3.05, 3.63) is 17.7 Å². The molecule has 0 fully saturated rings. The summed E-state index contributed by atoms with van der Waals surface area (Å²) in [5.74, 6) is 1.07. The molecule has 0 radical (unpaired) electrons. The summed E-state index contributed by atoms with van der Waals surface area (Å²) in [5.41, 5.74) is 5.72. The molecule has 7 nitrogen and oxygen atoms in total. The van der Waals surface area contributed by atoms with Crippen LogP contribution in [0, 0.1) is 0 Å². The first-order valence-electron chi connectivity index (χ1n) is 6.54. The lowest BCUT2D eigenvalue weighted by molar-refractivity contribution is 0.0919. The van der Waals surface area contributed by atoms with Crippen LogP contribution in [0.3, 0.4) is 0 Å². The highest BCUT2D eigenvalue weighted by molar-refractivity contribution is 5.95. The summed E-state index contributed by atoms with van der Waals surface area (Å²) in [6.45, 7) is 1.74. The van der Waals surface area contributed by atoms with Crippen molar-refractivity contribution in [2.75, 3.05) is 47.6 Å². The third kappa shape index (κ3) is 4.80. The first kappa shape index (κ1) is 17.1. The summed E-state index contributed by atoms with van der Waals surface area (Å²) in [5, 5.41) is 2.74. The minimum Gasteiger partial charge on any atom is -0.493 e. The minimum absolute atomic E-state index is 0.245. The molecule has 0 atom stereocenters. The largest absolute Gasteiger partial charge is 0.493 e. The molecule has 0 saturated heterocycles. The Morgan fingerprint density at radius 2 is 1.71 bits per heavy atom. The molecule has 0 aliphatic rings. The van der Waals surface area contributed by atoms with Gasteiger partial charge in [0.2, 0.25) is 5.75 Å². The van der Waals surface area contributed by atoms with Crippen molar-refractivity contribution >= 4 is 5.91 Å². The number of hydrogen-bond donors (Lipinski definition) is 2. The van der Waals surface area contributed by atoms with Crippen LogP contribution in [0.15, 0.2) is 12.1 Å². The molecule has 3 N–H and O–H groups in total. The molecule has 1 aromatic carbocycles. The lowest BCUT2D eigenvalue weighted by atomic mass is 10.1. The van der Waals surface area contributed by atoms with Crippen molar-refractivity contribution in [1.29, 1.82) is 0 Å². The van der Waals surface area contributed by atoms with E-state index in [1.165, 1.54) is 21.3 Å². The average molecular weight is 298 g/mol. The molecule has 0 unspecified atom stereocenters. The van der Waals surface area contributed by atoms with E-state index >= 15 is 0 Å². The molecule has 0 heterocycles. The molecular weight excluding hydrogens is 276 g/mol. The number of benzene rings is 1. The van der Waals surface area contributed by atoms with Gasteiger partial charge in [-0.15, -0.1) is 0 Å². The van der Waals surface area contributed by atoms with Crippen LogP contribution in [0.1, 0.15) is 10.4 Å². The highest BCUT2D eigenvalue weighted by atomic mass is 16.5. The SMILES string of the molecule is COc1cc(C(=O)NCCOCCN)cc(OC)c1OC. The zero-order chi connectivity index (χ0) is 15.7. The fourth-order valence-corrected chi connectivity index (χ4v) is 1.74. The summed E-state index contributed by atoms with van der Waals surface area (Å²) >= 11 is 0. The first-order chi connectivity index (χ1) is 10.2. The Kier molecular flexibility index (Phi) is 7.34. The third-order valence-corrected chi connectivity index (χ3v) is 2.72. The van der Waals surface area contributed by atoms with Gasteiger partial charge in [-0.25, -0.2) is 0 Å². The van der Waals surface area contributed by atoms with Gasteiger partial charge in [-0.3, -0.25) is 4.79 Å². The van der Waals surface area contributed by atoms with Crippen LogP contribution in [0.2, 0.25) is 0 Å². The van der Waals surface area contributed by atoms with Gasteiger partial charge in [0, 0.05) is 18.7 Å². The van der Waals surface area contributed by atoms with E-state index in [2.05, 4.69) is 5.32 Å². The standard InChI is InChI=1S/C14H22N2O5/c1-18-11-8-10(9-12(19-2)13(11)20-3)14(17)16-5-7-21-6-4-15/h8-9H,4-7,15H2,1-3H3,(H,16,17). The maximum atomic E-state index is 12.1. The van der Waals surface area contributed by atoms with Crippen molar-refractivity contribution in [1.82, 2.24) is 5.32 Å². The fraction of sp³-hybridized carbons (Fsp3) is 0.500. The number of ether oxygens (including phenoxy) is 4. The highest BCUT2D eigenvalue weighted by Gasteiger charge is 2.16. The van der Waals surface area contributed by atoms with Crippen LogP contribution in [0.25, 0.3) is 0 Å². The van der Waals surface area contributed by atoms with E-state index in [9.17, 15) is 4.79 Å². The summed E-state index contributed by atoms with van der Waals surface area (Å²) < 4.78 is 20.8. The van der Waals surface area contributed by atoms with Gasteiger partial charge >= 0.3 is 0 Å². The average Bonchev–Trinajstić information content (AvgIpc) is 2.52. The van der Waals surface area contributed by atoms with Gasteiger partial charge in [0.05, 0.1) is 34.5 Å². The smallest absolute Gasteiger partial charge is 0.251 e. The lowest BCUT2D eigenvalue weighted by Crippen LogP contribution is -2.28. The number of rotatable bonds is 9. The lowest BCUT2D eigenvalue weighted by Gasteiger charge is -2.14. The number of nitrogens with two attached hydrogens (primary N) is 1. The van der Waals surface area contributed by atoms with E-state index in [1.54, 1.807) is 12.1 Å². The third-order valence-electron chi connectivity index (χ3n) is 2.72. The second kappa shape index (κ2) is 9.04. The predicted molar refractivity (Wildman–Crippen MR) is 78.3 cm³/mol. The molecule has 0 bridgehead atoms. The predicted octanol–water partition coefficient (Wildman–Crippen LogP) is 0.418. The highest BCUT2D eigenvalue weighted by Crippen LogP contribution is 2.38. The molecule has 1 aromatic rings. The van der Waals surface area contributed by atoms with Gasteiger partial charge in [0.15, 0.2) is 11.5 Å². The number of carbonyl (C=O) groups is 1. The summed E-state index contributed by atoms with van der Waals surface area (Å²) in [6, 6.07) is 3.19. The Morgan fingerprint density at radius 3 is 2.19 bits per heavy atom. The molecule has 21 heavy (non-hydrogen) atoms. The molecule has 0 aromatic heterocycles. The maximum Gasteiger partial charge on any atom is 0.251 e. The molecule has 7 heteroatoms. The normalized spacial score (nSPS) is 10.1. The van der Waals surface area contributed by atoms with Gasteiger partial charge < -0.3 is 30.0 Å². The van der Waals surface area contributed by atoms with Gasteiger partial charge in [0.1, 0.15) is 0 Å². The maximum absolute atomic E-state index is 12.1. The molecule has 1 amide bonds. The van der Waals surface area contributed by atoms with Gasteiger partial charge in [-0.1, -0.05) is 0 Å². The molecule has 0 spiro atoms. The van der Waals surface area contributed by atoms with E-state index in [4.69, 9.17) is 24.7 Å². The Bertz CT molecular complexity index is 440. The van der Waals surface area contributed by atoms with Crippen LogP contribution >= 0.6 is 0 Å². The van der Waals surface area contributed by atoms with E-state index in [0.717, 1.165) is 0 Å². The fourth-order valence-electron chi connectivity index (χ4n) is 1.74. The van der Waals surface area contributed by atoms with Gasteiger partial charge in [0.25, 0.3) is 5.91 Å². The molecule has 118 valence electrons. The van der Waals surface area contributed by atoms with Crippen LogP contribution in [0.4, 0.5) is 0 Å². The van der Waals surface area contributed by atoms with E-state index in [-0.39, 0.29) is 5.91 Å². The van der Waals surface area contributed by atoms with E-state index < -0.39 is 0 Å². The zero-order valence-electron chi connectivity index (χ0n) is 12.6. The van der Waals surface area contributed by atoms with Crippen molar-refractivity contribution in [3.8, 4) is 17.2 Å². The van der Waals surface area contributed by atoms with E-state index in [1.807, 2.05) is 0 Å². The first-order valence-corrected chi connectivity index (χ1v) is 6.54. The minimum atomic E-state index is -0.245. The second-order valence-corrected chi connectivity index (χ2v) is 4.07. The molecule has 1 rings (SSSR count). The van der Waals surface area contributed by atoms with E-state index in [0.29, 0.717) is 49.1 Å². The van der Waals surface area contributed by atoms with Crippen LogP contribution in [0.5, 0.6) is 17.2 Å². The van der Waals surface area contributed by atoms with Crippen molar-refractivity contribution in [2.45, 2.75) is 0 Å². The van der Waals surface area contributed by atoms with Crippen molar-refractivity contribution < 1.29 is 23.7 Å². The molecule has 0 aliphatic heterocycles. The second-order valence-electron chi connectivity index (χ2n) is 4.07. The Labute approximate surface area is 124 Å². The number of carbonyl (C=O) groups excluding carboxylic acids is 1. The number of amides is 1. The Hall–Kier alpha value is -1.99.